The Hall–Kier alpha value is -3.33. The summed E-state index contributed by atoms with van der Waals surface area (Å²) in [6.45, 7) is 1.61. The van der Waals surface area contributed by atoms with Crippen molar-refractivity contribution in [2.45, 2.75) is 12.8 Å². The zero-order valence-corrected chi connectivity index (χ0v) is 13.8. The smallest absolute Gasteiger partial charge is 0.187 e. The number of Topliss-reactive ketones (excluding diaryl/α,β-unsaturated/α-hetero) is 1. The molecule has 124 valence electrons. The number of carbonyl (C=O) groups is 1. The number of carbonyl (C=O) groups excluding carboxylic acids is 1. The minimum Gasteiger partial charge on any atom is -0.313 e. The summed E-state index contributed by atoms with van der Waals surface area (Å²) in [6, 6.07) is 15.5. The lowest BCUT2D eigenvalue weighted by Crippen LogP contribution is -2.16. The molecule has 1 atom stereocenters. The number of aromatic nitrogens is 3. The summed E-state index contributed by atoms with van der Waals surface area (Å²) in [5.41, 5.74) is 1.41. The van der Waals surface area contributed by atoms with Crippen molar-refractivity contribution in [2.75, 3.05) is 0 Å². The van der Waals surface area contributed by atoms with E-state index in [4.69, 9.17) is 0 Å². The van der Waals surface area contributed by atoms with Crippen LogP contribution in [0.3, 0.4) is 0 Å². The Bertz CT molecular complexity index is 973. The summed E-state index contributed by atoms with van der Waals surface area (Å²) >= 11 is 0. The summed E-state index contributed by atoms with van der Waals surface area (Å²) in [6.07, 6.45) is 0. The van der Waals surface area contributed by atoms with Gasteiger partial charge in [0, 0.05) is 18.2 Å². The van der Waals surface area contributed by atoms with E-state index in [2.05, 4.69) is 10.2 Å². The molecule has 1 aromatic heterocycles. The van der Waals surface area contributed by atoms with Crippen LogP contribution >= 0.6 is 0 Å². The van der Waals surface area contributed by atoms with Crippen LogP contribution in [0, 0.1) is 24.1 Å². The van der Waals surface area contributed by atoms with Crippen molar-refractivity contribution in [2.24, 2.45) is 7.05 Å². The number of ketones is 1. The maximum Gasteiger partial charge on any atom is 0.187 e. The third kappa shape index (κ3) is 3.04. The molecule has 0 amide bonds. The Morgan fingerprint density at radius 3 is 2.56 bits per heavy atom. The van der Waals surface area contributed by atoms with Gasteiger partial charge in [-0.15, -0.1) is 10.2 Å². The minimum atomic E-state index is -1.16. The van der Waals surface area contributed by atoms with Crippen molar-refractivity contribution in [1.82, 2.24) is 14.8 Å². The van der Waals surface area contributed by atoms with Gasteiger partial charge in [0.15, 0.2) is 23.3 Å². The molecule has 0 N–H and O–H groups in total. The molecule has 5 nitrogen and oxygen atoms in total. The third-order valence-corrected chi connectivity index (χ3v) is 4.05. The van der Waals surface area contributed by atoms with E-state index >= 15 is 0 Å². The van der Waals surface area contributed by atoms with Gasteiger partial charge in [-0.05, 0) is 18.6 Å². The van der Waals surface area contributed by atoms with E-state index in [0.717, 1.165) is 11.6 Å². The highest BCUT2D eigenvalue weighted by molar-refractivity contribution is 6.02. The lowest BCUT2D eigenvalue weighted by atomic mass is 9.97. The monoisotopic (exact) mass is 334 g/mol. The fourth-order valence-corrected chi connectivity index (χ4v) is 2.58. The van der Waals surface area contributed by atoms with Crippen LogP contribution in [0.1, 0.15) is 27.7 Å². The van der Waals surface area contributed by atoms with Crippen LogP contribution < -0.4 is 0 Å². The highest BCUT2D eigenvalue weighted by Gasteiger charge is 2.28. The molecular weight excluding hydrogens is 319 g/mol. The van der Waals surface area contributed by atoms with Gasteiger partial charge < -0.3 is 4.57 Å². The van der Waals surface area contributed by atoms with Crippen molar-refractivity contribution in [3.8, 4) is 17.5 Å². The van der Waals surface area contributed by atoms with Gasteiger partial charge >= 0.3 is 0 Å². The standard InChI is InChI=1S/C19H15FN4O/c1-12-8-9-14(10-16(12)20)17(25)15(11-21)19-23-22-18(24(19)2)13-6-4-3-5-7-13/h3-10,15H,1-2H3. The van der Waals surface area contributed by atoms with Gasteiger partial charge in [-0.25, -0.2) is 4.39 Å². The zero-order valence-electron chi connectivity index (χ0n) is 13.8. The van der Waals surface area contributed by atoms with Gasteiger partial charge in [-0.2, -0.15) is 5.26 Å². The lowest BCUT2D eigenvalue weighted by Gasteiger charge is -2.09. The van der Waals surface area contributed by atoms with E-state index in [-0.39, 0.29) is 11.4 Å². The SMILES string of the molecule is Cc1ccc(C(=O)C(C#N)c2nnc(-c3ccccc3)n2C)cc1F. The molecular formula is C19H15FN4O. The van der Waals surface area contributed by atoms with Crippen molar-refractivity contribution >= 4 is 5.78 Å². The number of benzene rings is 2. The zero-order chi connectivity index (χ0) is 18.0. The quantitative estimate of drug-likeness (QED) is 0.685. The second-order valence-electron chi connectivity index (χ2n) is 5.70. The van der Waals surface area contributed by atoms with Gasteiger partial charge in [-0.1, -0.05) is 42.5 Å². The van der Waals surface area contributed by atoms with Gasteiger partial charge in [-0.3, -0.25) is 4.79 Å². The minimum absolute atomic E-state index is 0.138. The van der Waals surface area contributed by atoms with Crippen molar-refractivity contribution in [1.29, 1.82) is 5.26 Å². The maximum absolute atomic E-state index is 13.7. The molecule has 0 aliphatic carbocycles. The van der Waals surface area contributed by atoms with E-state index in [1.54, 1.807) is 18.5 Å². The van der Waals surface area contributed by atoms with E-state index in [9.17, 15) is 14.4 Å². The number of nitriles is 1. The van der Waals surface area contributed by atoms with Gasteiger partial charge in [0.05, 0.1) is 6.07 Å². The Morgan fingerprint density at radius 2 is 1.92 bits per heavy atom. The second-order valence-corrected chi connectivity index (χ2v) is 5.70. The number of halogens is 1. The van der Waals surface area contributed by atoms with Crippen LogP contribution in [0.15, 0.2) is 48.5 Å². The molecule has 6 heteroatoms. The fourth-order valence-electron chi connectivity index (χ4n) is 2.58. The van der Waals surface area contributed by atoms with Crippen molar-refractivity contribution < 1.29 is 9.18 Å². The molecule has 1 heterocycles. The van der Waals surface area contributed by atoms with Crippen LogP contribution in [0.25, 0.3) is 11.4 Å². The third-order valence-electron chi connectivity index (χ3n) is 4.05. The molecule has 0 saturated carbocycles. The molecule has 3 rings (SSSR count). The molecule has 0 aliphatic heterocycles. The van der Waals surface area contributed by atoms with Crippen molar-refractivity contribution in [3.63, 3.8) is 0 Å². The molecule has 1 unspecified atom stereocenters. The van der Waals surface area contributed by atoms with Crippen LogP contribution in [0.5, 0.6) is 0 Å². The number of hydrogen-bond acceptors (Lipinski definition) is 4. The first-order chi connectivity index (χ1) is 12.0. The number of nitrogens with zero attached hydrogens (tertiary/aromatic N) is 4. The number of hydrogen-bond donors (Lipinski definition) is 0. The Kier molecular flexibility index (Phi) is 4.40. The first-order valence-corrected chi connectivity index (χ1v) is 7.67. The summed E-state index contributed by atoms with van der Waals surface area (Å²) in [7, 11) is 1.70. The molecule has 2 aromatic carbocycles. The van der Waals surface area contributed by atoms with E-state index < -0.39 is 17.5 Å². The molecule has 0 bridgehead atoms. The highest BCUT2D eigenvalue weighted by Crippen LogP contribution is 2.24. The maximum atomic E-state index is 13.7. The number of aryl methyl sites for hydroxylation is 1. The average molecular weight is 334 g/mol. The predicted octanol–water partition coefficient (Wildman–Crippen LogP) is 3.42. The molecule has 0 aliphatic rings. The van der Waals surface area contributed by atoms with E-state index in [1.807, 2.05) is 36.4 Å². The average Bonchev–Trinajstić information content (AvgIpc) is 3.00. The number of rotatable bonds is 4. The topological polar surface area (TPSA) is 71.6 Å². The Morgan fingerprint density at radius 1 is 1.20 bits per heavy atom. The molecule has 25 heavy (non-hydrogen) atoms. The summed E-state index contributed by atoms with van der Waals surface area (Å²) in [5.74, 6) is -1.36. The Balaban J connectivity index is 1.99. The van der Waals surface area contributed by atoms with Crippen LogP contribution in [-0.2, 0) is 7.05 Å². The van der Waals surface area contributed by atoms with Crippen LogP contribution in [-0.4, -0.2) is 20.5 Å². The van der Waals surface area contributed by atoms with Crippen molar-refractivity contribution in [3.05, 3.63) is 71.3 Å². The summed E-state index contributed by atoms with van der Waals surface area (Å²) < 4.78 is 15.4. The Labute approximate surface area is 144 Å². The molecule has 0 fully saturated rings. The normalized spacial score (nSPS) is 11.8. The highest BCUT2D eigenvalue weighted by atomic mass is 19.1. The summed E-state index contributed by atoms with van der Waals surface area (Å²) in [4.78, 5) is 12.7. The van der Waals surface area contributed by atoms with E-state index in [0.29, 0.717) is 11.4 Å². The first-order valence-electron chi connectivity index (χ1n) is 7.67. The molecule has 0 spiro atoms. The molecule has 0 saturated heterocycles. The second kappa shape index (κ2) is 6.65. The van der Waals surface area contributed by atoms with E-state index in [1.165, 1.54) is 12.1 Å². The molecule has 0 radical (unpaired) electrons. The molecule has 3 aromatic rings. The van der Waals surface area contributed by atoms with Gasteiger partial charge in [0.1, 0.15) is 5.82 Å². The summed E-state index contributed by atoms with van der Waals surface area (Å²) in [5, 5.41) is 17.6. The fraction of sp³-hybridized carbons (Fsp3) is 0.158. The van der Waals surface area contributed by atoms with Gasteiger partial charge in [0.25, 0.3) is 0 Å². The van der Waals surface area contributed by atoms with Gasteiger partial charge in [0.2, 0.25) is 0 Å². The first kappa shape index (κ1) is 16.5. The largest absolute Gasteiger partial charge is 0.313 e. The van der Waals surface area contributed by atoms with Crippen LogP contribution in [0.2, 0.25) is 0 Å². The lowest BCUT2D eigenvalue weighted by molar-refractivity contribution is 0.0974. The van der Waals surface area contributed by atoms with Crippen LogP contribution in [0.4, 0.5) is 4.39 Å². The predicted molar refractivity (Wildman–Crippen MR) is 90.3 cm³/mol.